The summed E-state index contributed by atoms with van der Waals surface area (Å²) in [6, 6.07) is 6.10. The smallest absolute Gasteiger partial charge is 0.264 e. The first-order valence-corrected chi connectivity index (χ1v) is 7.69. The van der Waals surface area contributed by atoms with Gasteiger partial charge in [0.15, 0.2) is 5.65 Å². The minimum absolute atomic E-state index is 0.182. The zero-order valence-electron chi connectivity index (χ0n) is 13.5. The van der Waals surface area contributed by atoms with Gasteiger partial charge in [-0.3, -0.25) is 9.36 Å². The second-order valence-electron chi connectivity index (χ2n) is 5.90. The van der Waals surface area contributed by atoms with Crippen LogP contribution in [0.5, 0.6) is 0 Å². The molecule has 0 saturated heterocycles. The quantitative estimate of drug-likeness (QED) is 0.799. The van der Waals surface area contributed by atoms with Gasteiger partial charge in [-0.15, -0.1) is 0 Å². The van der Waals surface area contributed by atoms with E-state index in [1.54, 1.807) is 4.68 Å². The van der Waals surface area contributed by atoms with Crippen LogP contribution in [0.3, 0.4) is 0 Å². The van der Waals surface area contributed by atoms with Crippen LogP contribution in [0.1, 0.15) is 24.5 Å². The highest BCUT2D eigenvalue weighted by Crippen LogP contribution is 2.17. The zero-order chi connectivity index (χ0) is 16.6. The summed E-state index contributed by atoms with van der Waals surface area (Å²) in [5.41, 5.74) is 3.49. The lowest BCUT2D eigenvalue weighted by atomic mass is 10.1. The van der Waals surface area contributed by atoms with Gasteiger partial charge in [-0.05, 0) is 43.5 Å². The summed E-state index contributed by atoms with van der Waals surface area (Å²) in [6.07, 6.45) is 3.05. The largest absolute Gasteiger partial charge is 0.391 e. The van der Waals surface area contributed by atoms with Crippen molar-refractivity contribution < 1.29 is 5.11 Å². The molecule has 0 bridgehead atoms. The third-order valence-corrected chi connectivity index (χ3v) is 3.88. The summed E-state index contributed by atoms with van der Waals surface area (Å²) < 4.78 is 3.11. The number of aliphatic hydroxyl groups excluding tert-OH is 1. The molecule has 0 aliphatic carbocycles. The van der Waals surface area contributed by atoms with Gasteiger partial charge >= 0.3 is 0 Å². The van der Waals surface area contributed by atoms with Crippen molar-refractivity contribution in [2.75, 3.05) is 0 Å². The van der Waals surface area contributed by atoms with Gasteiger partial charge in [-0.25, -0.2) is 9.67 Å². The molecule has 3 aromatic rings. The molecule has 0 fully saturated rings. The van der Waals surface area contributed by atoms with E-state index in [-0.39, 0.29) is 12.1 Å². The molecule has 0 amide bonds. The molecular formula is C17H20N4O2. The number of hydrogen-bond donors (Lipinski definition) is 1. The number of aromatic nitrogens is 4. The Morgan fingerprint density at radius 2 is 1.91 bits per heavy atom. The summed E-state index contributed by atoms with van der Waals surface area (Å²) in [5, 5.41) is 14.5. The molecule has 23 heavy (non-hydrogen) atoms. The Morgan fingerprint density at radius 1 is 1.22 bits per heavy atom. The molecule has 1 N–H and O–H groups in total. The van der Waals surface area contributed by atoms with Crippen molar-refractivity contribution in [2.24, 2.45) is 0 Å². The molecule has 0 aliphatic heterocycles. The number of fused-ring (bicyclic) bond motifs is 1. The Balaban J connectivity index is 2.12. The average Bonchev–Trinajstić information content (AvgIpc) is 2.93. The molecule has 0 spiro atoms. The predicted molar refractivity (Wildman–Crippen MR) is 88.9 cm³/mol. The molecule has 6 nitrogen and oxygen atoms in total. The van der Waals surface area contributed by atoms with Crippen LogP contribution >= 0.6 is 0 Å². The van der Waals surface area contributed by atoms with Crippen LogP contribution in [0, 0.1) is 13.8 Å². The maximum Gasteiger partial charge on any atom is 0.264 e. The van der Waals surface area contributed by atoms with E-state index >= 15 is 0 Å². The van der Waals surface area contributed by atoms with E-state index in [0.29, 0.717) is 17.5 Å². The van der Waals surface area contributed by atoms with E-state index < -0.39 is 6.10 Å². The van der Waals surface area contributed by atoms with Crippen molar-refractivity contribution in [2.45, 2.75) is 39.8 Å². The maximum absolute atomic E-state index is 12.5. The van der Waals surface area contributed by atoms with Gasteiger partial charge < -0.3 is 5.11 Å². The highest BCUT2D eigenvalue weighted by molar-refractivity contribution is 5.75. The van der Waals surface area contributed by atoms with E-state index in [9.17, 15) is 9.90 Å². The van der Waals surface area contributed by atoms with Crippen LogP contribution in [0.4, 0.5) is 0 Å². The lowest BCUT2D eigenvalue weighted by Crippen LogP contribution is -2.26. The Morgan fingerprint density at radius 3 is 2.57 bits per heavy atom. The fourth-order valence-electron chi connectivity index (χ4n) is 2.70. The van der Waals surface area contributed by atoms with E-state index in [1.165, 1.54) is 17.1 Å². The second kappa shape index (κ2) is 5.96. The van der Waals surface area contributed by atoms with Crippen molar-refractivity contribution in [3.63, 3.8) is 0 Å². The second-order valence-corrected chi connectivity index (χ2v) is 5.90. The monoisotopic (exact) mass is 312 g/mol. The lowest BCUT2D eigenvalue weighted by Gasteiger charge is -2.10. The summed E-state index contributed by atoms with van der Waals surface area (Å²) in [4.78, 5) is 16.9. The summed E-state index contributed by atoms with van der Waals surface area (Å²) in [5.74, 6) is 0. The maximum atomic E-state index is 12.5. The Kier molecular flexibility index (Phi) is 4.00. The normalized spacial score (nSPS) is 12.7. The van der Waals surface area contributed by atoms with Gasteiger partial charge in [0, 0.05) is 0 Å². The molecule has 0 saturated carbocycles. The van der Waals surface area contributed by atoms with Crippen LogP contribution in [-0.2, 0) is 6.54 Å². The van der Waals surface area contributed by atoms with Crippen molar-refractivity contribution in [3.8, 4) is 5.69 Å². The minimum atomic E-state index is -0.554. The Hall–Kier alpha value is -2.47. The minimum Gasteiger partial charge on any atom is -0.391 e. The topological polar surface area (TPSA) is 72.9 Å². The predicted octanol–water partition coefficient (Wildman–Crippen LogP) is 1.97. The molecular weight excluding hydrogens is 292 g/mol. The van der Waals surface area contributed by atoms with E-state index in [0.717, 1.165) is 16.8 Å². The molecule has 120 valence electrons. The third-order valence-electron chi connectivity index (χ3n) is 3.88. The zero-order valence-corrected chi connectivity index (χ0v) is 13.5. The van der Waals surface area contributed by atoms with Gasteiger partial charge in [0.25, 0.3) is 5.56 Å². The Bertz CT molecular complexity index is 890. The van der Waals surface area contributed by atoms with E-state index in [2.05, 4.69) is 16.1 Å². The number of aliphatic hydroxyl groups is 1. The summed E-state index contributed by atoms with van der Waals surface area (Å²) in [7, 11) is 0. The molecule has 3 rings (SSSR count). The first-order valence-electron chi connectivity index (χ1n) is 7.69. The standard InChI is InChI=1S/C17H20N4O2/c1-4-14(22)9-20-10-18-16-15(17(20)23)8-19-21(16)13-6-11(2)5-12(3)7-13/h5-8,10,14,22H,4,9H2,1-3H3/t14-/m0/s1. The van der Waals surface area contributed by atoms with Crippen LogP contribution in [-0.4, -0.2) is 30.5 Å². The molecule has 1 atom stereocenters. The van der Waals surface area contributed by atoms with Crippen LogP contribution in [0.25, 0.3) is 16.7 Å². The Labute approximate surface area is 134 Å². The van der Waals surface area contributed by atoms with Crippen LogP contribution in [0.2, 0.25) is 0 Å². The fourth-order valence-corrected chi connectivity index (χ4v) is 2.70. The summed E-state index contributed by atoms with van der Waals surface area (Å²) in [6.45, 7) is 6.16. The van der Waals surface area contributed by atoms with Gasteiger partial charge in [0.05, 0.1) is 24.5 Å². The van der Waals surface area contributed by atoms with Gasteiger partial charge in [-0.2, -0.15) is 5.10 Å². The fraction of sp³-hybridized carbons (Fsp3) is 0.353. The highest BCUT2D eigenvalue weighted by atomic mass is 16.3. The first kappa shape index (κ1) is 15.4. The van der Waals surface area contributed by atoms with Crippen molar-refractivity contribution in [1.82, 2.24) is 19.3 Å². The number of benzene rings is 1. The van der Waals surface area contributed by atoms with E-state index in [4.69, 9.17) is 0 Å². The van der Waals surface area contributed by atoms with Gasteiger partial charge in [0.1, 0.15) is 11.7 Å². The van der Waals surface area contributed by atoms with Gasteiger partial charge in [0.2, 0.25) is 0 Å². The molecule has 0 aliphatic rings. The van der Waals surface area contributed by atoms with Crippen LogP contribution in [0.15, 0.2) is 35.5 Å². The molecule has 0 unspecified atom stereocenters. The molecule has 2 aromatic heterocycles. The number of hydrogen-bond acceptors (Lipinski definition) is 4. The van der Waals surface area contributed by atoms with Crippen molar-refractivity contribution in [1.29, 1.82) is 0 Å². The number of aryl methyl sites for hydroxylation is 2. The molecule has 6 heteroatoms. The number of nitrogens with zero attached hydrogens (tertiary/aromatic N) is 4. The van der Waals surface area contributed by atoms with Crippen molar-refractivity contribution >= 4 is 11.0 Å². The van der Waals surface area contributed by atoms with Gasteiger partial charge in [-0.1, -0.05) is 13.0 Å². The highest BCUT2D eigenvalue weighted by Gasteiger charge is 2.13. The molecule has 0 radical (unpaired) electrons. The molecule has 1 aromatic carbocycles. The lowest BCUT2D eigenvalue weighted by molar-refractivity contribution is 0.148. The third kappa shape index (κ3) is 2.90. The van der Waals surface area contributed by atoms with Crippen LogP contribution < -0.4 is 5.56 Å². The SMILES string of the molecule is CC[C@H](O)Cn1cnc2c(cnn2-c2cc(C)cc(C)c2)c1=O. The van der Waals surface area contributed by atoms with E-state index in [1.807, 2.05) is 32.9 Å². The summed E-state index contributed by atoms with van der Waals surface area (Å²) >= 11 is 0. The molecule has 2 heterocycles. The first-order chi connectivity index (χ1) is 11.0. The van der Waals surface area contributed by atoms with Crippen molar-refractivity contribution in [3.05, 3.63) is 52.2 Å². The average molecular weight is 312 g/mol. The number of rotatable bonds is 4.